The fourth-order valence-electron chi connectivity index (χ4n) is 2.59. The lowest BCUT2D eigenvalue weighted by Gasteiger charge is -2.06. The van der Waals surface area contributed by atoms with Crippen LogP contribution in [0.3, 0.4) is 0 Å². The van der Waals surface area contributed by atoms with E-state index in [9.17, 15) is 9.59 Å². The van der Waals surface area contributed by atoms with Gasteiger partial charge in [-0.15, -0.1) is 0 Å². The quantitative estimate of drug-likeness (QED) is 0.560. The zero-order chi connectivity index (χ0) is 18.5. The number of nitrogens with one attached hydrogen (secondary N) is 2. The highest BCUT2D eigenvalue weighted by Gasteiger charge is 2.20. The molecule has 0 spiro atoms. The molecular formula is C19H18N4O3. The average Bonchev–Trinajstić information content (AvgIpc) is 2.98. The molecule has 132 valence electrons. The Morgan fingerprint density at radius 1 is 1.08 bits per heavy atom. The molecule has 1 amide bonds. The van der Waals surface area contributed by atoms with Crippen molar-refractivity contribution in [2.45, 2.75) is 6.92 Å². The first-order chi connectivity index (χ1) is 12.6. The van der Waals surface area contributed by atoms with Gasteiger partial charge in [-0.3, -0.25) is 9.89 Å². The molecule has 7 nitrogen and oxygen atoms in total. The maximum atomic E-state index is 13.0. The van der Waals surface area contributed by atoms with Crippen molar-refractivity contribution in [3.63, 3.8) is 0 Å². The minimum Gasteiger partial charge on any atom is -0.452 e. The minimum atomic E-state index is -0.713. The van der Waals surface area contributed by atoms with E-state index in [0.717, 1.165) is 0 Å². The van der Waals surface area contributed by atoms with Gasteiger partial charge in [0.05, 0.1) is 18.4 Å². The van der Waals surface area contributed by atoms with E-state index in [4.69, 9.17) is 0 Å². The second-order valence-electron chi connectivity index (χ2n) is 5.52. The number of aryl methyl sites for hydroxylation is 1. The second kappa shape index (κ2) is 7.52. The molecular weight excluding hydrogens is 332 g/mol. The zero-order valence-electron chi connectivity index (χ0n) is 14.4. The number of ether oxygens (including phenoxy) is 1. The van der Waals surface area contributed by atoms with Crippen LogP contribution in [0.4, 0.5) is 4.79 Å². The number of hydrogen-bond acceptors (Lipinski definition) is 4. The number of amides is 1. The van der Waals surface area contributed by atoms with Crippen LogP contribution >= 0.6 is 0 Å². The highest BCUT2D eigenvalue weighted by atomic mass is 16.5. The van der Waals surface area contributed by atoms with Crippen molar-refractivity contribution in [3.8, 4) is 5.69 Å². The van der Waals surface area contributed by atoms with Crippen LogP contribution in [-0.2, 0) is 4.74 Å². The van der Waals surface area contributed by atoms with Crippen LogP contribution < -0.4 is 11.0 Å². The number of methoxy groups -OCH3 is 1. The summed E-state index contributed by atoms with van der Waals surface area (Å²) in [6.45, 7) is 1.78. The molecule has 0 bridgehead atoms. The van der Waals surface area contributed by atoms with Crippen LogP contribution in [0.1, 0.15) is 16.8 Å². The van der Waals surface area contributed by atoms with Crippen LogP contribution in [-0.4, -0.2) is 28.7 Å². The summed E-state index contributed by atoms with van der Waals surface area (Å²) in [6, 6.07) is 18.4. The van der Waals surface area contributed by atoms with Crippen LogP contribution in [0.2, 0.25) is 0 Å². The predicted octanol–water partition coefficient (Wildman–Crippen LogP) is 2.58. The third-order valence-corrected chi connectivity index (χ3v) is 3.81. The number of nitrogens with zero attached hydrogens (tertiary/aromatic N) is 2. The van der Waals surface area contributed by atoms with E-state index in [1.54, 1.807) is 6.92 Å². The highest BCUT2D eigenvalue weighted by molar-refractivity contribution is 6.13. The average molecular weight is 350 g/mol. The Labute approximate surface area is 149 Å². The van der Waals surface area contributed by atoms with Gasteiger partial charge >= 0.3 is 6.09 Å². The van der Waals surface area contributed by atoms with Gasteiger partial charge in [0.1, 0.15) is 5.71 Å². The summed E-state index contributed by atoms with van der Waals surface area (Å²) in [7, 11) is 1.25. The summed E-state index contributed by atoms with van der Waals surface area (Å²) in [5, 5.41) is 7.18. The third kappa shape index (κ3) is 3.41. The largest absolute Gasteiger partial charge is 0.452 e. The Morgan fingerprint density at radius 3 is 2.31 bits per heavy atom. The Kier molecular flexibility index (Phi) is 4.98. The molecule has 0 aliphatic heterocycles. The van der Waals surface area contributed by atoms with Gasteiger partial charge < -0.3 is 4.74 Å². The number of aromatic amines is 1. The lowest BCUT2D eigenvalue weighted by Crippen LogP contribution is -2.25. The van der Waals surface area contributed by atoms with Crippen molar-refractivity contribution >= 4 is 11.8 Å². The lowest BCUT2D eigenvalue weighted by molar-refractivity contribution is 0.171. The lowest BCUT2D eigenvalue weighted by atomic mass is 10.0. The van der Waals surface area contributed by atoms with E-state index in [2.05, 4.69) is 20.4 Å². The number of carbonyl (C=O) groups excluding carboxylic acids is 1. The summed E-state index contributed by atoms with van der Waals surface area (Å²) in [6.07, 6.45) is -0.713. The number of benzene rings is 2. The monoisotopic (exact) mass is 350 g/mol. The molecule has 0 saturated heterocycles. The minimum absolute atomic E-state index is 0.261. The maximum absolute atomic E-state index is 13.0. The first-order valence-corrected chi connectivity index (χ1v) is 7.96. The van der Waals surface area contributed by atoms with Crippen molar-refractivity contribution in [1.82, 2.24) is 15.2 Å². The highest BCUT2D eigenvalue weighted by Crippen LogP contribution is 2.13. The molecule has 0 fully saturated rings. The van der Waals surface area contributed by atoms with Gasteiger partial charge in [0.2, 0.25) is 0 Å². The standard InChI is InChI=1S/C19H18N4O3/c1-13-16(18(24)23(22-13)15-11-7-4-8-12-15)17(20-21-19(25)26-2)14-9-5-3-6-10-14/h3-12,22H,1-2H3,(H,21,25)/b20-17-. The molecule has 0 unspecified atom stereocenters. The fraction of sp³-hybridized carbons (Fsp3) is 0.105. The number of carbonyl (C=O) groups is 1. The van der Waals surface area contributed by atoms with Crippen LogP contribution in [0.15, 0.2) is 70.6 Å². The van der Waals surface area contributed by atoms with E-state index in [0.29, 0.717) is 28.2 Å². The second-order valence-corrected chi connectivity index (χ2v) is 5.52. The van der Waals surface area contributed by atoms with Gasteiger partial charge in [-0.25, -0.2) is 14.9 Å². The Balaban J connectivity index is 2.15. The first kappa shape index (κ1) is 17.2. The van der Waals surface area contributed by atoms with Gasteiger partial charge in [-0.2, -0.15) is 5.10 Å². The summed E-state index contributed by atoms with van der Waals surface area (Å²) >= 11 is 0. The molecule has 2 N–H and O–H groups in total. The number of H-pyrrole nitrogens is 1. The molecule has 0 saturated carbocycles. The fourth-order valence-corrected chi connectivity index (χ4v) is 2.59. The molecule has 0 atom stereocenters. The van der Waals surface area contributed by atoms with Crippen LogP contribution in [0, 0.1) is 6.92 Å². The van der Waals surface area contributed by atoms with Gasteiger partial charge in [-0.1, -0.05) is 48.5 Å². The SMILES string of the molecule is COC(=O)N/N=C(/c1ccccc1)c1c(C)[nH]n(-c2ccccc2)c1=O. The van der Waals surface area contributed by atoms with Crippen LogP contribution in [0.25, 0.3) is 5.69 Å². The summed E-state index contributed by atoms with van der Waals surface area (Å²) in [5.41, 5.74) is 4.80. The topological polar surface area (TPSA) is 88.5 Å². The van der Waals surface area contributed by atoms with Crippen molar-refractivity contribution in [2.24, 2.45) is 5.10 Å². The van der Waals surface area contributed by atoms with Crippen molar-refractivity contribution in [3.05, 3.63) is 87.8 Å². The molecule has 0 aliphatic rings. The van der Waals surface area contributed by atoms with Crippen molar-refractivity contribution in [2.75, 3.05) is 7.11 Å². The van der Waals surface area contributed by atoms with E-state index in [1.807, 2.05) is 60.7 Å². The molecule has 7 heteroatoms. The number of para-hydroxylation sites is 1. The zero-order valence-corrected chi connectivity index (χ0v) is 14.4. The Hall–Kier alpha value is -3.61. The Bertz CT molecular complexity index is 989. The van der Waals surface area contributed by atoms with Crippen LogP contribution in [0.5, 0.6) is 0 Å². The summed E-state index contributed by atoms with van der Waals surface area (Å²) < 4.78 is 6.00. The van der Waals surface area contributed by atoms with Gasteiger partial charge in [0.25, 0.3) is 5.56 Å². The molecule has 3 rings (SSSR count). The maximum Gasteiger partial charge on any atom is 0.427 e. The van der Waals surface area contributed by atoms with Gasteiger partial charge in [0, 0.05) is 11.3 Å². The van der Waals surface area contributed by atoms with Gasteiger partial charge in [0.15, 0.2) is 0 Å². The molecule has 26 heavy (non-hydrogen) atoms. The van der Waals surface area contributed by atoms with E-state index in [-0.39, 0.29) is 5.56 Å². The number of rotatable bonds is 4. The summed E-state index contributed by atoms with van der Waals surface area (Å²) in [4.78, 5) is 24.5. The third-order valence-electron chi connectivity index (χ3n) is 3.81. The number of hydrogen-bond donors (Lipinski definition) is 2. The first-order valence-electron chi connectivity index (χ1n) is 7.96. The van der Waals surface area contributed by atoms with E-state index >= 15 is 0 Å². The molecule has 3 aromatic rings. The summed E-state index contributed by atoms with van der Waals surface area (Å²) in [5.74, 6) is 0. The molecule has 1 heterocycles. The molecule has 0 aliphatic carbocycles. The van der Waals surface area contributed by atoms with E-state index < -0.39 is 6.09 Å². The Morgan fingerprint density at radius 2 is 1.69 bits per heavy atom. The predicted molar refractivity (Wildman–Crippen MR) is 98.7 cm³/mol. The van der Waals surface area contributed by atoms with Crippen molar-refractivity contribution in [1.29, 1.82) is 0 Å². The molecule has 0 radical (unpaired) electrons. The normalized spacial score (nSPS) is 11.2. The number of aromatic nitrogens is 2. The van der Waals surface area contributed by atoms with E-state index in [1.165, 1.54) is 11.8 Å². The molecule has 2 aromatic carbocycles. The van der Waals surface area contributed by atoms with Gasteiger partial charge in [-0.05, 0) is 19.1 Å². The van der Waals surface area contributed by atoms with Crippen molar-refractivity contribution < 1.29 is 9.53 Å². The molecule has 1 aromatic heterocycles. The smallest absolute Gasteiger partial charge is 0.427 e. The number of hydrazone groups is 1.